The standard InChI is InChI=1S/C25H23N3O2/c1-3-23(29)26-17-10-12-19-20-13-11-18(27-24(30)4-2)15-22(20)28-25(21(19)14-17)16-8-6-5-7-9-16/h5-15H,3-4H2,1-2H3,(H,26,29)(H,27,30). The highest BCUT2D eigenvalue weighted by atomic mass is 16.2. The molecule has 2 N–H and O–H groups in total. The van der Waals surface area contributed by atoms with E-state index in [2.05, 4.69) is 10.6 Å². The van der Waals surface area contributed by atoms with Gasteiger partial charge in [0.25, 0.3) is 0 Å². The van der Waals surface area contributed by atoms with Gasteiger partial charge in [-0.05, 0) is 29.7 Å². The molecule has 30 heavy (non-hydrogen) atoms. The first-order valence-corrected chi connectivity index (χ1v) is 10.1. The molecule has 2 amide bonds. The number of fused-ring (bicyclic) bond motifs is 3. The van der Waals surface area contributed by atoms with Crippen molar-refractivity contribution in [3.05, 3.63) is 66.7 Å². The molecule has 4 aromatic rings. The van der Waals surface area contributed by atoms with Gasteiger partial charge in [0.05, 0.1) is 11.2 Å². The van der Waals surface area contributed by atoms with Gasteiger partial charge >= 0.3 is 0 Å². The fourth-order valence-corrected chi connectivity index (χ4v) is 3.48. The van der Waals surface area contributed by atoms with Crippen LogP contribution in [0, 0.1) is 0 Å². The molecule has 0 unspecified atom stereocenters. The van der Waals surface area contributed by atoms with Crippen molar-refractivity contribution in [3.8, 4) is 11.3 Å². The maximum atomic E-state index is 11.9. The van der Waals surface area contributed by atoms with E-state index in [-0.39, 0.29) is 11.8 Å². The molecule has 5 heteroatoms. The van der Waals surface area contributed by atoms with Gasteiger partial charge in [-0.2, -0.15) is 0 Å². The first-order chi connectivity index (χ1) is 14.6. The Morgan fingerprint density at radius 2 is 1.33 bits per heavy atom. The molecule has 0 atom stereocenters. The number of rotatable bonds is 5. The van der Waals surface area contributed by atoms with Gasteiger partial charge in [0.1, 0.15) is 0 Å². The molecule has 0 aliphatic carbocycles. The molecular weight excluding hydrogens is 374 g/mol. The number of carbonyl (C=O) groups excluding carboxylic acids is 2. The maximum Gasteiger partial charge on any atom is 0.224 e. The third kappa shape index (κ3) is 3.87. The zero-order valence-corrected chi connectivity index (χ0v) is 17.0. The van der Waals surface area contributed by atoms with Crippen LogP contribution < -0.4 is 10.6 Å². The SMILES string of the molecule is CCC(=O)Nc1ccc2c(c1)nc(-c1ccccc1)c1cc(NC(=O)CC)ccc12. The monoisotopic (exact) mass is 397 g/mol. The van der Waals surface area contributed by atoms with Crippen LogP contribution in [0.3, 0.4) is 0 Å². The Labute approximate surface area is 175 Å². The second-order valence-corrected chi connectivity index (χ2v) is 7.12. The number of hydrogen-bond donors (Lipinski definition) is 2. The van der Waals surface area contributed by atoms with E-state index >= 15 is 0 Å². The molecule has 0 fully saturated rings. The summed E-state index contributed by atoms with van der Waals surface area (Å²) in [6.07, 6.45) is 0.844. The van der Waals surface area contributed by atoms with Crippen molar-refractivity contribution in [2.75, 3.05) is 10.6 Å². The molecule has 0 bridgehead atoms. The van der Waals surface area contributed by atoms with E-state index in [0.29, 0.717) is 12.8 Å². The minimum Gasteiger partial charge on any atom is -0.326 e. The molecule has 5 nitrogen and oxygen atoms in total. The first-order valence-electron chi connectivity index (χ1n) is 10.1. The summed E-state index contributed by atoms with van der Waals surface area (Å²) < 4.78 is 0. The molecule has 0 aliphatic rings. The van der Waals surface area contributed by atoms with E-state index in [1.165, 1.54) is 0 Å². The smallest absolute Gasteiger partial charge is 0.224 e. The molecule has 4 rings (SSSR count). The van der Waals surface area contributed by atoms with E-state index in [9.17, 15) is 9.59 Å². The molecule has 0 spiro atoms. The number of nitrogens with one attached hydrogen (secondary N) is 2. The number of aromatic nitrogens is 1. The summed E-state index contributed by atoms with van der Waals surface area (Å²) in [6.45, 7) is 3.65. The first kappa shape index (κ1) is 19.6. The van der Waals surface area contributed by atoms with E-state index in [4.69, 9.17) is 4.98 Å². The van der Waals surface area contributed by atoms with Crippen LogP contribution in [-0.4, -0.2) is 16.8 Å². The number of carbonyl (C=O) groups is 2. The number of anilines is 2. The van der Waals surface area contributed by atoms with Crippen LogP contribution in [0.5, 0.6) is 0 Å². The summed E-state index contributed by atoms with van der Waals surface area (Å²) in [7, 11) is 0. The van der Waals surface area contributed by atoms with Crippen LogP contribution in [0.2, 0.25) is 0 Å². The van der Waals surface area contributed by atoms with Crippen molar-refractivity contribution in [3.63, 3.8) is 0 Å². The lowest BCUT2D eigenvalue weighted by Gasteiger charge is -2.13. The Morgan fingerprint density at radius 1 is 0.733 bits per heavy atom. The van der Waals surface area contributed by atoms with Gasteiger partial charge in [0, 0.05) is 40.6 Å². The third-order valence-electron chi connectivity index (χ3n) is 5.05. The zero-order chi connectivity index (χ0) is 21.1. The number of benzene rings is 3. The van der Waals surface area contributed by atoms with Gasteiger partial charge < -0.3 is 10.6 Å². The fraction of sp³-hybridized carbons (Fsp3) is 0.160. The van der Waals surface area contributed by atoms with Gasteiger partial charge in [-0.15, -0.1) is 0 Å². The van der Waals surface area contributed by atoms with E-state index in [0.717, 1.165) is 44.3 Å². The van der Waals surface area contributed by atoms with Crippen LogP contribution in [-0.2, 0) is 9.59 Å². The zero-order valence-electron chi connectivity index (χ0n) is 17.0. The number of pyridine rings is 1. The van der Waals surface area contributed by atoms with Gasteiger partial charge in [0.15, 0.2) is 0 Å². The minimum atomic E-state index is -0.0327. The summed E-state index contributed by atoms with van der Waals surface area (Å²) in [6, 6.07) is 21.7. The van der Waals surface area contributed by atoms with Crippen LogP contribution >= 0.6 is 0 Å². The Hall–Kier alpha value is -3.73. The second kappa shape index (κ2) is 8.33. The summed E-state index contributed by atoms with van der Waals surface area (Å²) in [4.78, 5) is 28.6. The van der Waals surface area contributed by atoms with Crippen molar-refractivity contribution in [1.82, 2.24) is 4.98 Å². The lowest BCUT2D eigenvalue weighted by Crippen LogP contribution is -2.09. The highest BCUT2D eigenvalue weighted by Crippen LogP contribution is 2.35. The predicted molar refractivity (Wildman–Crippen MR) is 123 cm³/mol. The number of hydrogen-bond acceptors (Lipinski definition) is 3. The molecule has 150 valence electrons. The third-order valence-corrected chi connectivity index (χ3v) is 5.05. The largest absolute Gasteiger partial charge is 0.326 e. The predicted octanol–water partition coefficient (Wildman–Crippen LogP) is 5.75. The van der Waals surface area contributed by atoms with Gasteiger partial charge in [-0.3, -0.25) is 9.59 Å². The number of amides is 2. The highest BCUT2D eigenvalue weighted by molar-refractivity contribution is 6.13. The highest BCUT2D eigenvalue weighted by Gasteiger charge is 2.13. The second-order valence-electron chi connectivity index (χ2n) is 7.12. The van der Waals surface area contributed by atoms with Gasteiger partial charge in [-0.1, -0.05) is 56.3 Å². The average Bonchev–Trinajstić information content (AvgIpc) is 2.78. The molecule has 1 heterocycles. The van der Waals surface area contributed by atoms with Crippen molar-refractivity contribution in [2.45, 2.75) is 26.7 Å². The molecule has 0 aliphatic heterocycles. The Balaban J connectivity index is 1.94. The maximum absolute atomic E-state index is 11.9. The molecule has 3 aromatic carbocycles. The average molecular weight is 397 g/mol. The molecule has 0 radical (unpaired) electrons. The van der Waals surface area contributed by atoms with E-state index in [1.807, 2.05) is 80.6 Å². The quantitative estimate of drug-likeness (QED) is 0.421. The van der Waals surface area contributed by atoms with Crippen molar-refractivity contribution < 1.29 is 9.59 Å². The number of nitrogens with zero attached hydrogens (tertiary/aromatic N) is 1. The minimum absolute atomic E-state index is 0.0272. The van der Waals surface area contributed by atoms with Crippen LogP contribution in [0.15, 0.2) is 66.7 Å². The van der Waals surface area contributed by atoms with Crippen LogP contribution in [0.1, 0.15) is 26.7 Å². The summed E-state index contributed by atoms with van der Waals surface area (Å²) >= 11 is 0. The summed E-state index contributed by atoms with van der Waals surface area (Å²) in [5, 5.41) is 8.84. The normalized spacial score (nSPS) is 10.9. The van der Waals surface area contributed by atoms with Crippen molar-refractivity contribution >= 4 is 44.9 Å². The van der Waals surface area contributed by atoms with Crippen LogP contribution in [0.4, 0.5) is 11.4 Å². The Kier molecular flexibility index (Phi) is 5.44. The Morgan fingerprint density at radius 3 is 1.97 bits per heavy atom. The van der Waals surface area contributed by atoms with Crippen LogP contribution in [0.25, 0.3) is 32.9 Å². The lowest BCUT2D eigenvalue weighted by molar-refractivity contribution is -0.116. The summed E-state index contributed by atoms with van der Waals surface area (Å²) in [5.41, 5.74) is 4.11. The molecule has 1 aromatic heterocycles. The molecule has 0 saturated carbocycles. The Bertz CT molecular complexity index is 1250. The van der Waals surface area contributed by atoms with Gasteiger partial charge in [0.2, 0.25) is 11.8 Å². The van der Waals surface area contributed by atoms with Crippen molar-refractivity contribution in [2.24, 2.45) is 0 Å². The molecule has 0 saturated heterocycles. The van der Waals surface area contributed by atoms with E-state index in [1.54, 1.807) is 0 Å². The lowest BCUT2D eigenvalue weighted by atomic mass is 9.99. The topological polar surface area (TPSA) is 71.1 Å². The van der Waals surface area contributed by atoms with Gasteiger partial charge in [-0.25, -0.2) is 4.98 Å². The molecular formula is C25H23N3O2. The summed E-state index contributed by atoms with van der Waals surface area (Å²) in [5.74, 6) is -0.0598. The fourth-order valence-electron chi connectivity index (χ4n) is 3.48. The van der Waals surface area contributed by atoms with E-state index < -0.39 is 0 Å². The van der Waals surface area contributed by atoms with Crippen molar-refractivity contribution in [1.29, 1.82) is 0 Å².